The average Bonchev–Trinajstić information content (AvgIpc) is 3.10. The topological polar surface area (TPSA) is 35.6 Å². The second-order valence-electron chi connectivity index (χ2n) is 9.90. The predicted octanol–water partition coefficient (Wildman–Crippen LogP) is 6.46. The van der Waals surface area contributed by atoms with Gasteiger partial charge in [-0.05, 0) is 82.3 Å². The van der Waals surface area contributed by atoms with Gasteiger partial charge in [0.05, 0.1) is 5.69 Å². The summed E-state index contributed by atoms with van der Waals surface area (Å²) in [6.07, 6.45) is 8.07. The molecule has 3 atom stereocenters. The van der Waals surface area contributed by atoms with Gasteiger partial charge in [0.15, 0.2) is 0 Å². The number of carbonyl (C=O) groups is 1. The van der Waals surface area contributed by atoms with E-state index in [1.807, 2.05) is 18.7 Å². The number of hydrogen-bond donors (Lipinski definition) is 1. The van der Waals surface area contributed by atoms with Crippen LogP contribution in [0.2, 0.25) is 0 Å². The van der Waals surface area contributed by atoms with Crippen molar-refractivity contribution in [3.05, 3.63) is 60.5 Å². The number of hydrogen-bond acceptors (Lipinski definition) is 3. The number of rotatable bonds is 7. The van der Waals surface area contributed by atoms with E-state index in [-0.39, 0.29) is 23.4 Å². The van der Waals surface area contributed by atoms with Gasteiger partial charge in [-0.1, -0.05) is 59.1 Å². The third-order valence-electron chi connectivity index (χ3n) is 7.92. The van der Waals surface area contributed by atoms with Gasteiger partial charge in [0.2, 0.25) is 0 Å². The number of piperidine rings is 1. The van der Waals surface area contributed by atoms with Crippen LogP contribution in [0.15, 0.2) is 49.3 Å². The van der Waals surface area contributed by atoms with Crippen molar-refractivity contribution in [3.63, 3.8) is 0 Å². The van der Waals surface area contributed by atoms with Gasteiger partial charge in [-0.3, -0.25) is 9.69 Å². The van der Waals surface area contributed by atoms with Crippen LogP contribution in [-0.4, -0.2) is 29.9 Å². The van der Waals surface area contributed by atoms with Crippen LogP contribution in [0.3, 0.4) is 0 Å². The van der Waals surface area contributed by atoms with Gasteiger partial charge in [0.1, 0.15) is 0 Å². The van der Waals surface area contributed by atoms with Gasteiger partial charge in [-0.15, -0.1) is 0 Å². The Morgan fingerprint density at radius 1 is 1.27 bits per heavy atom. The summed E-state index contributed by atoms with van der Waals surface area (Å²) in [6, 6.07) is 6.63. The maximum Gasteiger partial charge on any atom is 0.258 e. The van der Waals surface area contributed by atoms with E-state index in [2.05, 4.69) is 75.3 Å². The monoisotopic (exact) mass is 449 g/mol. The van der Waals surface area contributed by atoms with Crippen LogP contribution in [0.1, 0.15) is 78.4 Å². The summed E-state index contributed by atoms with van der Waals surface area (Å²) < 4.78 is 0. The van der Waals surface area contributed by atoms with Crippen molar-refractivity contribution in [2.45, 2.75) is 78.8 Å². The smallest absolute Gasteiger partial charge is 0.258 e. The summed E-state index contributed by atoms with van der Waals surface area (Å²) in [6.45, 7) is 23.2. The van der Waals surface area contributed by atoms with Gasteiger partial charge in [-0.25, -0.2) is 0 Å². The van der Waals surface area contributed by atoms with Crippen molar-refractivity contribution in [2.75, 3.05) is 18.0 Å². The van der Waals surface area contributed by atoms with Crippen LogP contribution in [0.4, 0.5) is 5.69 Å². The zero-order valence-electron chi connectivity index (χ0n) is 21.6. The molecule has 1 aromatic carbocycles. The van der Waals surface area contributed by atoms with Crippen LogP contribution in [0, 0.1) is 11.8 Å². The molecule has 33 heavy (non-hydrogen) atoms. The molecule has 1 amide bonds. The van der Waals surface area contributed by atoms with Gasteiger partial charge < -0.3 is 10.2 Å². The molecule has 0 radical (unpaired) electrons. The summed E-state index contributed by atoms with van der Waals surface area (Å²) in [7, 11) is 0. The predicted molar refractivity (Wildman–Crippen MR) is 141 cm³/mol. The number of benzene rings is 1. The van der Waals surface area contributed by atoms with Crippen LogP contribution in [-0.2, 0) is 10.3 Å². The third kappa shape index (κ3) is 4.42. The number of carbonyl (C=O) groups excluding carboxylic acids is 1. The molecule has 3 unspecified atom stereocenters. The number of allylic oxidation sites excluding steroid dienone is 1. The van der Waals surface area contributed by atoms with Crippen LogP contribution in [0.25, 0.3) is 5.57 Å². The normalized spacial score (nSPS) is 25.5. The fraction of sp³-hybridized carbons (Fsp3) is 0.552. The van der Waals surface area contributed by atoms with Crippen LogP contribution < -0.4 is 10.2 Å². The van der Waals surface area contributed by atoms with Crippen molar-refractivity contribution in [3.8, 4) is 0 Å². The number of anilines is 1. The summed E-state index contributed by atoms with van der Waals surface area (Å²) in [5.74, 6) is 1.24. The van der Waals surface area contributed by atoms with E-state index in [9.17, 15) is 4.79 Å². The van der Waals surface area contributed by atoms with Crippen molar-refractivity contribution < 1.29 is 4.79 Å². The molecule has 1 fully saturated rings. The number of amides is 1. The quantitative estimate of drug-likeness (QED) is 0.519. The first kappa shape index (κ1) is 25.3. The molecule has 0 bridgehead atoms. The SMILES string of the molecule is C=CNC(=C)CCC(C)N1C(=O)C2=CC(C)C(C)(N3CCC(C)CC3)c3cccc1c32.CC. The van der Waals surface area contributed by atoms with E-state index < -0.39 is 0 Å². The van der Waals surface area contributed by atoms with Crippen molar-refractivity contribution in [2.24, 2.45) is 11.8 Å². The molecule has 3 aliphatic rings. The Morgan fingerprint density at radius 2 is 1.94 bits per heavy atom. The molecule has 1 saturated heterocycles. The average molecular weight is 450 g/mol. The second kappa shape index (κ2) is 10.3. The van der Waals surface area contributed by atoms with Gasteiger partial charge in [0, 0.05) is 28.4 Å². The highest BCUT2D eigenvalue weighted by Crippen LogP contribution is 2.52. The molecule has 180 valence electrons. The molecule has 4 nitrogen and oxygen atoms in total. The summed E-state index contributed by atoms with van der Waals surface area (Å²) >= 11 is 0. The van der Waals surface area contributed by atoms with E-state index in [1.165, 1.54) is 24.0 Å². The van der Waals surface area contributed by atoms with Crippen LogP contribution in [0.5, 0.6) is 0 Å². The Hall–Kier alpha value is -2.33. The Bertz CT molecular complexity index is 925. The maximum absolute atomic E-state index is 13.6. The molecule has 0 spiro atoms. The van der Waals surface area contributed by atoms with Crippen LogP contribution >= 0.6 is 0 Å². The zero-order chi connectivity index (χ0) is 24.3. The third-order valence-corrected chi connectivity index (χ3v) is 7.92. The number of nitrogens with one attached hydrogen (secondary N) is 1. The van der Waals surface area contributed by atoms with E-state index in [4.69, 9.17) is 0 Å². The Kier molecular flexibility index (Phi) is 7.89. The van der Waals surface area contributed by atoms with E-state index >= 15 is 0 Å². The molecule has 4 heteroatoms. The Balaban J connectivity index is 0.00000149. The lowest BCUT2D eigenvalue weighted by molar-refractivity contribution is -0.113. The molecule has 0 saturated carbocycles. The Morgan fingerprint density at radius 3 is 2.58 bits per heavy atom. The molecule has 1 aromatic rings. The molecular formula is C29H43N3O. The second-order valence-corrected chi connectivity index (χ2v) is 9.90. The fourth-order valence-corrected chi connectivity index (χ4v) is 5.70. The molecular weight excluding hydrogens is 406 g/mol. The van der Waals surface area contributed by atoms with E-state index in [0.29, 0.717) is 0 Å². The zero-order valence-corrected chi connectivity index (χ0v) is 21.6. The van der Waals surface area contributed by atoms with Gasteiger partial charge in [-0.2, -0.15) is 0 Å². The minimum absolute atomic E-state index is 0.0727. The van der Waals surface area contributed by atoms with Gasteiger partial charge in [0.25, 0.3) is 5.91 Å². The molecule has 4 rings (SSSR count). The number of nitrogens with zero attached hydrogens (tertiary/aromatic N) is 2. The highest BCUT2D eigenvalue weighted by molar-refractivity contribution is 6.33. The lowest BCUT2D eigenvalue weighted by Gasteiger charge is -2.50. The molecule has 0 aromatic heterocycles. The van der Waals surface area contributed by atoms with Crippen molar-refractivity contribution >= 4 is 17.2 Å². The minimum Gasteiger partial charge on any atom is -0.366 e. The summed E-state index contributed by atoms with van der Waals surface area (Å²) in [4.78, 5) is 18.2. The lowest BCUT2D eigenvalue weighted by atomic mass is 9.70. The lowest BCUT2D eigenvalue weighted by Crippen LogP contribution is -2.52. The molecule has 1 N–H and O–H groups in total. The maximum atomic E-state index is 13.6. The number of likely N-dealkylation sites (tertiary alicyclic amines) is 1. The highest BCUT2D eigenvalue weighted by atomic mass is 16.2. The first-order valence-corrected chi connectivity index (χ1v) is 12.8. The highest BCUT2D eigenvalue weighted by Gasteiger charge is 2.48. The first-order chi connectivity index (χ1) is 15.8. The van der Waals surface area contributed by atoms with E-state index in [0.717, 1.165) is 48.8 Å². The van der Waals surface area contributed by atoms with Crippen molar-refractivity contribution in [1.82, 2.24) is 10.2 Å². The first-order valence-electron chi connectivity index (χ1n) is 12.8. The molecule has 1 aliphatic carbocycles. The largest absolute Gasteiger partial charge is 0.366 e. The minimum atomic E-state index is -0.0727. The Labute approximate surface area is 201 Å². The van der Waals surface area contributed by atoms with Gasteiger partial charge >= 0.3 is 0 Å². The standard InChI is InChI=1S/C27H37N3O.C2H6/c1-7-28-20(4)11-12-21(5)30-24-10-8-9-23-25(24)22(26(30)31)17-19(3)27(23,6)29-15-13-18(2)14-16-29;1-2/h7-10,17-19,21,28H,1,4,11-16H2,2-3,5-6H3;1-2H3. The molecule has 2 heterocycles. The summed E-state index contributed by atoms with van der Waals surface area (Å²) in [5, 5.41) is 3.07. The molecule has 2 aliphatic heterocycles. The van der Waals surface area contributed by atoms with Crippen molar-refractivity contribution in [1.29, 1.82) is 0 Å². The fourth-order valence-electron chi connectivity index (χ4n) is 5.70. The van der Waals surface area contributed by atoms with E-state index in [1.54, 1.807) is 6.20 Å². The summed E-state index contributed by atoms with van der Waals surface area (Å²) in [5.41, 5.74) is 5.33.